The maximum atomic E-state index is 12.5. The third-order valence-corrected chi connectivity index (χ3v) is 5.86. The van der Waals surface area contributed by atoms with Crippen molar-refractivity contribution in [2.75, 3.05) is 13.1 Å². The van der Waals surface area contributed by atoms with E-state index in [0.29, 0.717) is 23.9 Å². The predicted molar refractivity (Wildman–Crippen MR) is 114 cm³/mol. The van der Waals surface area contributed by atoms with E-state index in [4.69, 9.17) is 21.3 Å². The average Bonchev–Trinajstić information content (AvgIpc) is 3.35. The Balaban J connectivity index is 1.65. The zero-order valence-electron chi connectivity index (χ0n) is 17.2. The van der Waals surface area contributed by atoms with Gasteiger partial charge in [-0.2, -0.15) is 10.4 Å². The lowest BCUT2D eigenvalue weighted by molar-refractivity contribution is 0.0292. The van der Waals surface area contributed by atoms with Crippen LogP contribution in [0.3, 0.4) is 0 Å². The second-order valence-electron chi connectivity index (χ2n) is 8.73. The lowest BCUT2D eigenvalue weighted by atomic mass is 9.74. The lowest BCUT2D eigenvalue weighted by Crippen LogP contribution is -2.37. The number of hydrogen-bond acceptors (Lipinski definition) is 5. The number of nitriles is 1. The van der Waals surface area contributed by atoms with Gasteiger partial charge in [0.2, 0.25) is 0 Å². The number of likely N-dealkylation sites (tertiary alicyclic amines) is 1. The van der Waals surface area contributed by atoms with Gasteiger partial charge < -0.3 is 9.64 Å². The number of rotatable bonds is 2. The molecule has 3 atom stereocenters. The van der Waals surface area contributed by atoms with Crippen molar-refractivity contribution >= 4 is 29.2 Å². The van der Waals surface area contributed by atoms with Gasteiger partial charge in [-0.25, -0.2) is 9.79 Å². The molecule has 2 aliphatic heterocycles. The summed E-state index contributed by atoms with van der Waals surface area (Å²) in [6.45, 7) is 6.60. The molecule has 2 aromatic rings. The molecular formula is C22H24ClN5O2. The highest BCUT2D eigenvalue weighted by Gasteiger charge is 2.42. The molecule has 1 saturated heterocycles. The van der Waals surface area contributed by atoms with E-state index in [0.717, 1.165) is 23.3 Å². The molecule has 7 nitrogen and oxygen atoms in total. The number of aromatic nitrogens is 2. The minimum atomic E-state index is -0.549. The van der Waals surface area contributed by atoms with Gasteiger partial charge in [0.25, 0.3) is 0 Å². The normalized spacial score (nSPS) is 23.5. The summed E-state index contributed by atoms with van der Waals surface area (Å²) in [7, 11) is 0. The highest BCUT2D eigenvalue weighted by Crippen LogP contribution is 2.45. The van der Waals surface area contributed by atoms with Gasteiger partial charge in [-0.3, -0.25) is 5.10 Å². The molecule has 3 unspecified atom stereocenters. The molecule has 1 aromatic heterocycles. The molecule has 2 aliphatic rings. The van der Waals surface area contributed by atoms with E-state index in [9.17, 15) is 10.1 Å². The Bertz CT molecular complexity index is 1030. The van der Waals surface area contributed by atoms with Crippen molar-refractivity contribution < 1.29 is 9.53 Å². The van der Waals surface area contributed by atoms with E-state index in [1.165, 1.54) is 0 Å². The molecule has 30 heavy (non-hydrogen) atoms. The van der Waals surface area contributed by atoms with Gasteiger partial charge in [-0.15, -0.1) is 0 Å². The highest BCUT2D eigenvalue weighted by atomic mass is 35.5. The van der Waals surface area contributed by atoms with E-state index in [1.54, 1.807) is 11.1 Å². The Hall–Kier alpha value is -2.85. The second kappa shape index (κ2) is 7.77. The molecule has 1 amide bonds. The Kier molecular flexibility index (Phi) is 5.29. The minimum Gasteiger partial charge on any atom is -0.444 e. The number of amides is 1. The number of hydrogen-bond donors (Lipinski definition) is 1. The summed E-state index contributed by atoms with van der Waals surface area (Å²) in [6.07, 6.45) is 2.12. The van der Waals surface area contributed by atoms with Crippen LogP contribution < -0.4 is 0 Å². The number of aliphatic imine (C=N–C) groups is 1. The fourth-order valence-corrected chi connectivity index (χ4v) is 4.46. The highest BCUT2D eigenvalue weighted by molar-refractivity contribution is 6.31. The summed E-state index contributed by atoms with van der Waals surface area (Å²) < 4.78 is 5.51. The largest absolute Gasteiger partial charge is 0.444 e. The van der Waals surface area contributed by atoms with Gasteiger partial charge in [0.15, 0.2) is 5.82 Å². The van der Waals surface area contributed by atoms with Gasteiger partial charge >= 0.3 is 6.09 Å². The number of H-pyrrole nitrogens is 1. The van der Waals surface area contributed by atoms with Gasteiger partial charge in [-0.1, -0.05) is 29.8 Å². The predicted octanol–water partition coefficient (Wildman–Crippen LogP) is 4.68. The average molecular weight is 426 g/mol. The van der Waals surface area contributed by atoms with Crippen molar-refractivity contribution in [1.82, 2.24) is 15.1 Å². The number of nitrogens with one attached hydrogen (secondary N) is 1. The molecule has 1 aromatic carbocycles. The van der Waals surface area contributed by atoms with Gasteiger partial charge in [0.1, 0.15) is 5.60 Å². The molecule has 0 bridgehead atoms. The van der Waals surface area contributed by atoms with Crippen LogP contribution in [0.5, 0.6) is 0 Å². The van der Waals surface area contributed by atoms with E-state index < -0.39 is 11.5 Å². The number of benzene rings is 1. The van der Waals surface area contributed by atoms with Crippen molar-refractivity contribution in [3.05, 3.63) is 46.6 Å². The van der Waals surface area contributed by atoms with Crippen LogP contribution in [-0.2, 0) is 4.74 Å². The standard InChI is InChI=1S/C22H24ClN5O2/c1-22(2,3)30-21(29)28-9-8-13(12-28)19-15(10-24)18(14-6-4-5-7-17(14)23)16-11-25-27-20(16)26-19/h4-7,11,13,15,18H,8-9,12H2,1-3H3,(H,25,27). The third kappa shape index (κ3) is 3.80. The summed E-state index contributed by atoms with van der Waals surface area (Å²) >= 11 is 6.50. The maximum absolute atomic E-state index is 12.5. The molecule has 1 N–H and O–H groups in total. The second-order valence-corrected chi connectivity index (χ2v) is 9.14. The smallest absolute Gasteiger partial charge is 0.410 e. The van der Waals surface area contributed by atoms with E-state index in [-0.39, 0.29) is 17.9 Å². The Morgan fingerprint density at radius 1 is 1.33 bits per heavy atom. The van der Waals surface area contributed by atoms with Gasteiger partial charge in [0, 0.05) is 41.2 Å². The summed E-state index contributed by atoms with van der Waals surface area (Å²) in [5, 5.41) is 17.8. The molecule has 1 fully saturated rings. The van der Waals surface area contributed by atoms with Crippen molar-refractivity contribution in [3.8, 4) is 6.07 Å². The fraction of sp³-hybridized carbons (Fsp3) is 0.455. The van der Waals surface area contributed by atoms with Crippen molar-refractivity contribution in [2.45, 2.75) is 38.7 Å². The monoisotopic (exact) mass is 425 g/mol. The molecule has 0 radical (unpaired) electrons. The number of carbonyl (C=O) groups excluding carboxylic acids is 1. The number of carbonyl (C=O) groups is 1. The number of aromatic amines is 1. The molecule has 8 heteroatoms. The first kappa shape index (κ1) is 20.4. The summed E-state index contributed by atoms with van der Waals surface area (Å²) in [5.74, 6) is -0.125. The number of fused-ring (bicyclic) bond motifs is 1. The quantitative estimate of drug-likeness (QED) is 0.755. The summed E-state index contributed by atoms with van der Waals surface area (Å²) in [6, 6.07) is 10.0. The molecule has 4 rings (SSSR count). The van der Waals surface area contributed by atoms with Gasteiger partial charge in [0.05, 0.1) is 18.2 Å². The van der Waals surface area contributed by atoms with Crippen LogP contribution in [0, 0.1) is 23.2 Å². The summed E-state index contributed by atoms with van der Waals surface area (Å²) in [4.78, 5) is 19.0. The van der Waals surface area contributed by atoms with E-state index >= 15 is 0 Å². The van der Waals surface area contributed by atoms with Gasteiger partial charge in [-0.05, 0) is 38.8 Å². The first-order valence-corrected chi connectivity index (χ1v) is 10.4. The third-order valence-electron chi connectivity index (χ3n) is 5.51. The van der Waals surface area contributed by atoms with Crippen LogP contribution in [0.4, 0.5) is 10.6 Å². The van der Waals surface area contributed by atoms with Crippen LogP contribution in [0.15, 0.2) is 35.5 Å². The van der Waals surface area contributed by atoms with Crippen molar-refractivity contribution in [2.24, 2.45) is 16.8 Å². The number of halogens is 1. The Morgan fingerprint density at radius 3 is 2.80 bits per heavy atom. The zero-order chi connectivity index (χ0) is 21.5. The molecule has 3 heterocycles. The summed E-state index contributed by atoms with van der Waals surface area (Å²) in [5.41, 5.74) is 1.96. The van der Waals surface area contributed by atoms with Crippen molar-refractivity contribution in [3.63, 3.8) is 0 Å². The van der Waals surface area contributed by atoms with Crippen LogP contribution in [0.25, 0.3) is 0 Å². The Morgan fingerprint density at radius 2 is 2.10 bits per heavy atom. The van der Waals surface area contributed by atoms with E-state index in [1.807, 2.05) is 45.0 Å². The molecule has 156 valence electrons. The van der Waals surface area contributed by atoms with Crippen LogP contribution in [0.1, 0.15) is 44.2 Å². The number of nitrogens with zero attached hydrogens (tertiary/aromatic N) is 4. The maximum Gasteiger partial charge on any atom is 0.410 e. The molecular weight excluding hydrogens is 402 g/mol. The molecule has 0 spiro atoms. The van der Waals surface area contributed by atoms with Crippen LogP contribution in [0.2, 0.25) is 5.02 Å². The van der Waals surface area contributed by atoms with Crippen LogP contribution in [-0.4, -0.2) is 45.6 Å². The number of ether oxygens (including phenoxy) is 1. The topological polar surface area (TPSA) is 94.4 Å². The minimum absolute atomic E-state index is 0.0244. The zero-order valence-corrected chi connectivity index (χ0v) is 18.0. The van der Waals surface area contributed by atoms with Crippen LogP contribution >= 0.6 is 11.6 Å². The lowest BCUT2D eigenvalue weighted by Gasteiger charge is -2.30. The fourth-order valence-electron chi connectivity index (χ4n) is 4.21. The van der Waals surface area contributed by atoms with E-state index in [2.05, 4.69) is 16.3 Å². The van der Waals surface area contributed by atoms with Crippen molar-refractivity contribution in [1.29, 1.82) is 5.26 Å². The molecule has 0 saturated carbocycles. The first-order chi connectivity index (χ1) is 14.3. The SMILES string of the molecule is CC(C)(C)OC(=O)N1CCC(C2=Nc3[nH]ncc3C(c3ccccc3Cl)C2C#N)C1. The first-order valence-electron chi connectivity index (χ1n) is 10.0. The Labute approximate surface area is 180 Å². The molecule has 0 aliphatic carbocycles.